The van der Waals surface area contributed by atoms with Crippen molar-refractivity contribution in [3.8, 4) is 0 Å². The molecule has 0 unspecified atom stereocenters. The molecule has 1 nitrogen and oxygen atoms in total. The van der Waals surface area contributed by atoms with Crippen LogP contribution in [-0.4, -0.2) is 4.98 Å². The summed E-state index contributed by atoms with van der Waals surface area (Å²) in [6.45, 7) is 4.17. The summed E-state index contributed by atoms with van der Waals surface area (Å²) in [6.07, 6.45) is 0. The molecule has 0 saturated carbocycles. The summed E-state index contributed by atoms with van der Waals surface area (Å²) < 4.78 is 1.14. The molecule has 1 heterocycles. The molecule has 2 heteroatoms. The van der Waals surface area contributed by atoms with Gasteiger partial charge in [-0.05, 0) is 53.5 Å². The van der Waals surface area contributed by atoms with E-state index in [4.69, 9.17) is 0 Å². The highest BCUT2D eigenvalue weighted by Gasteiger charge is 2.01. The van der Waals surface area contributed by atoms with Gasteiger partial charge in [0.05, 0.1) is 5.52 Å². The summed E-state index contributed by atoms with van der Waals surface area (Å²) in [7, 11) is 0. The summed E-state index contributed by atoms with van der Waals surface area (Å²) in [5.74, 6) is 0. The fraction of sp³-hybridized carbons (Fsp3) is 0.200. The van der Waals surface area contributed by atoms with Crippen molar-refractivity contribution in [3.05, 3.63) is 33.9 Å². The molecule has 0 amide bonds. The second-order valence-corrected chi connectivity index (χ2v) is 4.02. The zero-order chi connectivity index (χ0) is 8.72. The SMILES string of the molecule is Cc1cc(Br)c2[nH]c(C)cc2c1. The van der Waals surface area contributed by atoms with E-state index in [0.717, 1.165) is 4.47 Å². The van der Waals surface area contributed by atoms with Crippen molar-refractivity contribution >= 4 is 26.8 Å². The van der Waals surface area contributed by atoms with Gasteiger partial charge in [-0.25, -0.2) is 0 Å². The number of aromatic nitrogens is 1. The lowest BCUT2D eigenvalue weighted by Gasteiger charge is -1.96. The molecular formula is C10H10BrN. The van der Waals surface area contributed by atoms with Crippen LogP contribution in [0.25, 0.3) is 10.9 Å². The Bertz CT molecular complexity index is 429. The van der Waals surface area contributed by atoms with E-state index in [1.807, 2.05) is 0 Å². The molecular weight excluding hydrogens is 214 g/mol. The molecule has 0 saturated heterocycles. The van der Waals surface area contributed by atoms with E-state index in [0.29, 0.717) is 0 Å². The summed E-state index contributed by atoms with van der Waals surface area (Å²) in [6, 6.07) is 6.47. The topological polar surface area (TPSA) is 15.8 Å². The second-order valence-electron chi connectivity index (χ2n) is 3.16. The van der Waals surface area contributed by atoms with E-state index in [2.05, 4.69) is 53.0 Å². The fourth-order valence-electron chi connectivity index (χ4n) is 1.48. The molecule has 2 rings (SSSR count). The molecule has 1 N–H and O–H groups in total. The third kappa shape index (κ3) is 1.16. The minimum atomic E-state index is 1.14. The predicted molar refractivity (Wildman–Crippen MR) is 55.5 cm³/mol. The highest BCUT2D eigenvalue weighted by molar-refractivity contribution is 9.10. The predicted octanol–water partition coefficient (Wildman–Crippen LogP) is 3.55. The molecule has 12 heavy (non-hydrogen) atoms. The van der Waals surface area contributed by atoms with Gasteiger partial charge in [-0.15, -0.1) is 0 Å². The van der Waals surface area contributed by atoms with Crippen molar-refractivity contribution in [3.63, 3.8) is 0 Å². The molecule has 0 aliphatic heterocycles. The van der Waals surface area contributed by atoms with Crippen LogP contribution < -0.4 is 0 Å². The van der Waals surface area contributed by atoms with Crippen molar-refractivity contribution in [2.24, 2.45) is 0 Å². The lowest BCUT2D eigenvalue weighted by Crippen LogP contribution is -1.74. The van der Waals surface area contributed by atoms with Crippen molar-refractivity contribution in [1.82, 2.24) is 4.98 Å². The Labute approximate surface area is 79.9 Å². The van der Waals surface area contributed by atoms with Crippen LogP contribution in [0, 0.1) is 13.8 Å². The number of fused-ring (bicyclic) bond motifs is 1. The van der Waals surface area contributed by atoms with E-state index in [1.165, 1.54) is 22.2 Å². The Kier molecular flexibility index (Phi) is 1.72. The van der Waals surface area contributed by atoms with E-state index < -0.39 is 0 Å². The number of rotatable bonds is 0. The van der Waals surface area contributed by atoms with Crippen molar-refractivity contribution in [2.45, 2.75) is 13.8 Å². The van der Waals surface area contributed by atoms with Gasteiger partial charge >= 0.3 is 0 Å². The zero-order valence-electron chi connectivity index (χ0n) is 7.11. The average Bonchev–Trinajstić information content (AvgIpc) is 2.29. The summed E-state index contributed by atoms with van der Waals surface area (Å²) in [4.78, 5) is 3.31. The lowest BCUT2D eigenvalue weighted by atomic mass is 10.2. The normalized spacial score (nSPS) is 10.9. The fourth-order valence-corrected chi connectivity index (χ4v) is 2.17. The monoisotopic (exact) mass is 223 g/mol. The standard InChI is InChI=1S/C10H10BrN/c1-6-3-8-5-7(2)12-10(8)9(11)4-6/h3-5,12H,1-2H3. The largest absolute Gasteiger partial charge is 0.358 e. The number of hydrogen-bond acceptors (Lipinski definition) is 0. The van der Waals surface area contributed by atoms with Crippen molar-refractivity contribution in [1.29, 1.82) is 0 Å². The van der Waals surface area contributed by atoms with Gasteiger partial charge in [0.2, 0.25) is 0 Å². The number of hydrogen-bond donors (Lipinski definition) is 1. The maximum absolute atomic E-state index is 3.53. The van der Waals surface area contributed by atoms with Gasteiger partial charge in [0.25, 0.3) is 0 Å². The molecule has 0 radical (unpaired) electrons. The Balaban J connectivity index is 2.88. The maximum Gasteiger partial charge on any atom is 0.0600 e. The highest BCUT2D eigenvalue weighted by Crippen LogP contribution is 2.25. The first kappa shape index (κ1) is 7.87. The highest BCUT2D eigenvalue weighted by atomic mass is 79.9. The molecule has 0 spiro atoms. The number of nitrogens with one attached hydrogen (secondary N) is 1. The maximum atomic E-state index is 3.53. The van der Waals surface area contributed by atoms with Crippen LogP contribution in [0.1, 0.15) is 11.3 Å². The van der Waals surface area contributed by atoms with E-state index >= 15 is 0 Å². The Morgan fingerprint density at radius 3 is 2.67 bits per heavy atom. The third-order valence-corrected chi connectivity index (χ3v) is 2.58. The van der Waals surface area contributed by atoms with Crippen LogP contribution in [0.3, 0.4) is 0 Å². The minimum absolute atomic E-state index is 1.14. The lowest BCUT2D eigenvalue weighted by molar-refractivity contribution is 1.30. The van der Waals surface area contributed by atoms with E-state index in [9.17, 15) is 0 Å². The Hall–Kier alpha value is -0.760. The number of halogens is 1. The first-order chi connectivity index (χ1) is 5.66. The van der Waals surface area contributed by atoms with Gasteiger partial charge in [0.15, 0.2) is 0 Å². The van der Waals surface area contributed by atoms with Crippen LogP contribution in [0.15, 0.2) is 22.7 Å². The van der Waals surface area contributed by atoms with Crippen molar-refractivity contribution < 1.29 is 0 Å². The number of aryl methyl sites for hydroxylation is 2. The van der Waals surface area contributed by atoms with Crippen LogP contribution in [0.2, 0.25) is 0 Å². The van der Waals surface area contributed by atoms with Crippen molar-refractivity contribution in [2.75, 3.05) is 0 Å². The van der Waals surface area contributed by atoms with Gasteiger partial charge in [-0.2, -0.15) is 0 Å². The third-order valence-electron chi connectivity index (χ3n) is 1.96. The quantitative estimate of drug-likeness (QED) is 0.704. The molecule has 1 aromatic heterocycles. The van der Waals surface area contributed by atoms with Gasteiger partial charge < -0.3 is 4.98 Å². The zero-order valence-corrected chi connectivity index (χ0v) is 8.70. The molecule has 62 valence electrons. The molecule has 0 atom stereocenters. The first-order valence-corrected chi connectivity index (χ1v) is 4.71. The minimum Gasteiger partial charge on any atom is -0.358 e. The molecule has 0 fully saturated rings. The molecule has 1 aromatic carbocycles. The van der Waals surface area contributed by atoms with Crippen LogP contribution in [0.5, 0.6) is 0 Å². The second kappa shape index (κ2) is 2.63. The van der Waals surface area contributed by atoms with Crippen LogP contribution in [-0.2, 0) is 0 Å². The smallest absolute Gasteiger partial charge is 0.0600 e. The van der Waals surface area contributed by atoms with Gasteiger partial charge in [0.1, 0.15) is 0 Å². The summed E-state index contributed by atoms with van der Waals surface area (Å²) in [5, 5.41) is 1.28. The van der Waals surface area contributed by atoms with E-state index in [1.54, 1.807) is 0 Å². The first-order valence-electron chi connectivity index (χ1n) is 3.92. The molecule has 2 aromatic rings. The van der Waals surface area contributed by atoms with Gasteiger partial charge in [0, 0.05) is 15.6 Å². The summed E-state index contributed by atoms with van der Waals surface area (Å²) in [5.41, 5.74) is 3.68. The summed E-state index contributed by atoms with van der Waals surface area (Å²) >= 11 is 3.53. The van der Waals surface area contributed by atoms with Crippen LogP contribution >= 0.6 is 15.9 Å². The van der Waals surface area contributed by atoms with Gasteiger partial charge in [-0.1, -0.05) is 0 Å². The number of aromatic amines is 1. The Morgan fingerprint density at radius 1 is 1.17 bits per heavy atom. The van der Waals surface area contributed by atoms with Crippen LogP contribution in [0.4, 0.5) is 0 Å². The molecule has 0 aliphatic carbocycles. The average molecular weight is 224 g/mol. The van der Waals surface area contributed by atoms with E-state index in [-0.39, 0.29) is 0 Å². The molecule has 0 bridgehead atoms. The number of H-pyrrole nitrogens is 1. The molecule has 0 aliphatic rings. The number of benzene rings is 1. The van der Waals surface area contributed by atoms with Gasteiger partial charge in [-0.3, -0.25) is 0 Å². The Morgan fingerprint density at radius 2 is 1.92 bits per heavy atom.